The molecule has 0 spiro atoms. The molecule has 1 aromatic heterocycles. The molecule has 0 radical (unpaired) electrons. The molecule has 0 bridgehead atoms. The van der Waals surface area contributed by atoms with E-state index in [0.29, 0.717) is 18.8 Å². The Morgan fingerprint density at radius 3 is 2.39 bits per heavy atom. The lowest BCUT2D eigenvalue weighted by atomic mass is 10.3. The molecular weight excluding hydrogens is 316 g/mol. The van der Waals surface area contributed by atoms with Gasteiger partial charge >= 0.3 is 0 Å². The van der Waals surface area contributed by atoms with Gasteiger partial charge in [-0.3, -0.25) is 4.79 Å². The van der Waals surface area contributed by atoms with Crippen LogP contribution < -0.4 is 5.32 Å². The van der Waals surface area contributed by atoms with E-state index in [-0.39, 0.29) is 17.3 Å². The van der Waals surface area contributed by atoms with Crippen LogP contribution in [0.3, 0.4) is 0 Å². The third kappa shape index (κ3) is 4.17. The molecule has 0 saturated heterocycles. The van der Waals surface area contributed by atoms with E-state index in [1.54, 1.807) is 49.3 Å². The van der Waals surface area contributed by atoms with Crippen molar-refractivity contribution in [2.45, 2.75) is 25.3 Å². The van der Waals surface area contributed by atoms with Crippen LogP contribution in [0.15, 0.2) is 47.9 Å². The van der Waals surface area contributed by atoms with Gasteiger partial charge in [0.1, 0.15) is 6.54 Å². The summed E-state index contributed by atoms with van der Waals surface area (Å²) in [6, 6.07) is 6.17. The van der Waals surface area contributed by atoms with Crippen LogP contribution in [-0.2, 0) is 21.4 Å². The minimum absolute atomic E-state index is 0.152. The van der Waals surface area contributed by atoms with Gasteiger partial charge in [-0.05, 0) is 24.3 Å². The van der Waals surface area contributed by atoms with Crippen LogP contribution in [0.25, 0.3) is 0 Å². The number of carbonyl (C=O) groups is 1. The highest BCUT2D eigenvalue weighted by Gasteiger charge is 2.21. The summed E-state index contributed by atoms with van der Waals surface area (Å²) < 4.78 is 27.8. The molecule has 0 atom stereocenters. The SMILES string of the molecule is CCN(CC)S(=O)(=O)c1ccc(NC(=O)Cn2ccnc2)cc1. The van der Waals surface area contributed by atoms with Gasteiger partial charge in [0.2, 0.25) is 15.9 Å². The summed E-state index contributed by atoms with van der Waals surface area (Å²) in [6.45, 7) is 4.58. The maximum Gasteiger partial charge on any atom is 0.244 e. The molecule has 0 aliphatic carbocycles. The molecule has 1 N–H and O–H groups in total. The van der Waals surface area contributed by atoms with Crippen molar-refractivity contribution in [1.29, 1.82) is 0 Å². The lowest BCUT2D eigenvalue weighted by Gasteiger charge is -2.18. The summed E-state index contributed by atoms with van der Waals surface area (Å²) in [5, 5.41) is 2.72. The monoisotopic (exact) mass is 336 g/mol. The highest BCUT2D eigenvalue weighted by atomic mass is 32.2. The van der Waals surface area contributed by atoms with E-state index < -0.39 is 10.0 Å². The standard InChI is InChI=1S/C15H20N4O3S/c1-3-19(4-2)23(21,22)14-7-5-13(6-8-14)17-15(20)11-18-10-9-16-12-18/h5-10,12H,3-4,11H2,1-2H3,(H,17,20). The molecule has 124 valence electrons. The second-order valence-electron chi connectivity index (χ2n) is 4.90. The molecule has 1 aromatic carbocycles. The molecule has 8 heteroatoms. The fourth-order valence-electron chi connectivity index (χ4n) is 2.17. The molecule has 1 heterocycles. The van der Waals surface area contributed by atoms with Crippen LogP contribution in [-0.4, -0.2) is 41.3 Å². The number of benzene rings is 1. The normalized spacial score (nSPS) is 11.6. The van der Waals surface area contributed by atoms with E-state index in [2.05, 4.69) is 10.3 Å². The van der Waals surface area contributed by atoms with Gasteiger partial charge in [-0.15, -0.1) is 0 Å². The third-order valence-electron chi connectivity index (χ3n) is 3.37. The van der Waals surface area contributed by atoms with Gasteiger partial charge in [-0.1, -0.05) is 13.8 Å². The van der Waals surface area contributed by atoms with Gasteiger partial charge in [0.15, 0.2) is 0 Å². The molecule has 2 rings (SSSR count). The van der Waals surface area contributed by atoms with Crippen LogP contribution in [0, 0.1) is 0 Å². The number of amides is 1. The molecule has 7 nitrogen and oxygen atoms in total. The summed E-state index contributed by atoms with van der Waals surface area (Å²) in [7, 11) is -3.48. The highest BCUT2D eigenvalue weighted by Crippen LogP contribution is 2.18. The lowest BCUT2D eigenvalue weighted by molar-refractivity contribution is -0.116. The Kier molecular flexibility index (Phi) is 5.51. The summed E-state index contributed by atoms with van der Waals surface area (Å²) in [4.78, 5) is 16.0. The maximum atomic E-state index is 12.4. The minimum Gasteiger partial charge on any atom is -0.328 e. The Labute approximate surface area is 136 Å². The zero-order valence-corrected chi connectivity index (χ0v) is 14.0. The average molecular weight is 336 g/mol. The predicted molar refractivity (Wildman–Crippen MR) is 87.4 cm³/mol. The van der Waals surface area contributed by atoms with Crippen LogP contribution >= 0.6 is 0 Å². The second-order valence-corrected chi connectivity index (χ2v) is 6.83. The first-order chi connectivity index (χ1) is 11.0. The van der Waals surface area contributed by atoms with E-state index in [1.165, 1.54) is 16.4 Å². The fourth-order valence-corrected chi connectivity index (χ4v) is 3.63. The Morgan fingerprint density at radius 2 is 1.87 bits per heavy atom. The topological polar surface area (TPSA) is 84.3 Å². The van der Waals surface area contributed by atoms with Crippen molar-refractivity contribution >= 4 is 21.6 Å². The van der Waals surface area contributed by atoms with Crippen molar-refractivity contribution in [2.24, 2.45) is 0 Å². The van der Waals surface area contributed by atoms with Crippen LogP contribution in [0.4, 0.5) is 5.69 Å². The summed E-state index contributed by atoms with van der Waals surface area (Å²) in [5.41, 5.74) is 0.550. The van der Waals surface area contributed by atoms with Gasteiger partial charge in [-0.25, -0.2) is 13.4 Å². The number of nitrogens with zero attached hydrogens (tertiary/aromatic N) is 3. The Bertz CT molecular complexity index is 736. The molecule has 2 aromatic rings. The molecule has 0 aliphatic rings. The van der Waals surface area contributed by atoms with Crippen molar-refractivity contribution in [1.82, 2.24) is 13.9 Å². The first-order valence-corrected chi connectivity index (χ1v) is 8.77. The first kappa shape index (κ1) is 17.2. The fraction of sp³-hybridized carbons (Fsp3) is 0.333. The Hall–Kier alpha value is -2.19. The van der Waals surface area contributed by atoms with Gasteiger partial charge in [0.05, 0.1) is 11.2 Å². The lowest BCUT2D eigenvalue weighted by Crippen LogP contribution is -2.30. The molecule has 23 heavy (non-hydrogen) atoms. The number of rotatable bonds is 7. The quantitative estimate of drug-likeness (QED) is 0.831. The molecule has 0 fully saturated rings. The van der Waals surface area contributed by atoms with Crippen molar-refractivity contribution in [3.63, 3.8) is 0 Å². The summed E-state index contributed by atoms with van der Waals surface area (Å²) in [6.07, 6.45) is 4.85. The third-order valence-corrected chi connectivity index (χ3v) is 5.43. The van der Waals surface area contributed by atoms with Gasteiger partial charge in [0.25, 0.3) is 0 Å². The Balaban J connectivity index is 2.06. The van der Waals surface area contributed by atoms with Crippen molar-refractivity contribution < 1.29 is 13.2 Å². The number of sulfonamides is 1. The van der Waals surface area contributed by atoms with E-state index in [9.17, 15) is 13.2 Å². The number of aromatic nitrogens is 2. The van der Waals surface area contributed by atoms with E-state index in [1.807, 2.05) is 0 Å². The number of hydrogen-bond acceptors (Lipinski definition) is 4. The van der Waals surface area contributed by atoms with Crippen LogP contribution in [0.5, 0.6) is 0 Å². The zero-order valence-electron chi connectivity index (χ0n) is 13.1. The van der Waals surface area contributed by atoms with Gasteiger partial charge in [-0.2, -0.15) is 4.31 Å². The van der Waals surface area contributed by atoms with E-state index in [0.717, 1.165) is 0 Å². The number of carbonyl (C=O) groups excluding carboxylic acids is 1. The molecule has 0 aliphatic heterocycles. The second kappa shape index (κ2) is 7.38. The largest absolute Gasteiger partial charge is 0.328 e. The zero-order chi connectivity index (χ0) is 16.9. The Morgan fingerprint density at radius 1 is 1.22 bits per heavy atom. The maximum absolute atomic E-state index is 12.4. The molecule has 0 unspecified atom stereocenters. The van der Waals surface area contributed by atoms with Crippen molar-refractivity contribution in [2.75, 3.05) is 18.4 Å². The van der Waals surface area contributed by atoms with Crippen LogP contribution in [0.1, 0.15) is 13.8 Å². The molecule has 1 amide bonds. The number of nitrogens with one attached hydrogen (secondary N) is 1. The van der Waals surface area contributed by atoms with Crippen LogP contribution in [0.2, 0.25) is 0 Å². The highest BCUT2D eigenvalue weighted by molar-refractivity contribution is 7.89. The number of anilines is 1. The smallest absolute Gasteiger partial charge is 0.244 e. The van der Waals surface area contributed by atoms with Crippen molar-refractivity contribution in [3.05, 3.63) is 43.0 Å². The minimum atomic E-state index is -3.48. The average Bonchev–Trinajstić information content (AvgIpc) is 3.01. The number of imidazole rings is 1. The van der Waals surface area contributed by atoms with Gasteiger partial charge in [0, 0.05) is 31.2 Å². The first-order valence-electron chi connectivity index (χ1n) is 7.33. The predicted octanol–water partition coefficient (Wildman–Crippen LogP) is 1.55. The van der Waals surface area contributed by atoms with Gasteiger partial charge < -0.3 is 9.88 Å². The van der Waals surface area contributed by atoms with E-state index in [4.69, 9.17) is 0 Å². The molecular formula is C15H20N4O3S. The van der Waals surface area contributed by atoms with E-state index >= 15 is 0 Å². The summed E-state index contributed by atoms with van der Waals surface area (Å²) >= 11 is 0. The number of hydrogen-bond donors (Lipinski definition) is 1. The summed E-state index contributed by atoms with van der Waals surface area (Å²) in [5.74, 6) is -0.206. The van der Waals surface area contributed by atoms with Crippen molar-refractivity contribution in [3.8, 4) is 0 Å². The molecule has 0 saturated carbocycles.